The van der Waals surface area contributed by atoms with Crippen LogP contribution in [0.4, 0.5) is 0 Å². The number of nitrogens with zero attached hydrogens (tertiary/aromatic N) is 2. The predicted octanol–water partition coefficient (Wildman–Crippen LogP) is 3.83. The minimum atomic E-state index is 0.959. The number of aromatic nitrogens is 2. The summed E-state index contributed by atoms with van der Waals surface area (Å²) in [4.78, 5) is 5.78. The minimum absolute atomic E-state index is 0.959. The van der Waals surface area contributed by atoms with Crippen molar-refractivity contribution in [3.8, 4) is 10.6 Å². The molecule has 0 bridgehead atoms. The Balaban J connectivity index is 2.27. The highest BCUT2D eigenvalue weighted by Crippen LogP contribution is 2.26. The summed E-state index contributed by atoms with van der Waals surface area (Å²) >= 11 is 5.20. The van der Waals surface area contributed by atoms with E-state index >= 15 is 0 Å². The topological polar surface area (TPSA) is 17.3 Å². The molecule has 0 saturated heterocycles. The van der Waals surface area contributed by atoms with Gasteiger partial charge in [0.25, 0.3) is 0 Å². The molecule has 3 heterocycles. The van der Waals surface area contributed by atoms with E-state index in [2.05, 4.69) is 32.4 Å². The van der Waals surface area contributed by atoms with E-state index in [0.29, 0.717) is 0 Å². The van der Waals surface area contributed by atoms with E-state index in [-0.39, 0.29) is 0 Å². The van der Waals surface area contributed by atoms with Crippen molar-refractivity contribution in [1.82, 2.24) is 9.38 Å². The normalized spacial score (nSPS) is 11.0. The van der Waals surface area contributed by atoms with E-state index in [1.54, 1.807) is 11.3 Å². The third kappa shape index (κ3) is 1.50. The molecule has 3 rings (SSSR count). The van der Waals surface area contributed by atoms with E-state index in [4.69, 9.17) is 0 Å². The van der Waals surface area contributed by atoms with Crippen LogP contribution < -0.4 is 0 Å². The number of imidazole rings is 1. The Morgan fingerprint density at radius 3 is 2.93 bits per heavy atom. The van der Waals surface area contributed by atoms with E-state index < -0.39 is 0 Å². The van der Waals surface area contributed by atoms with Crippen molar-refractivity contribution in [3.63, 3.8) is 0 Å². The summed E-state index contributed by atoms with van der Waals surface area (Å²) in [5, 5.41) is 2.06. The molecule has 0 aromatic carbocycles. The predicted molar refractivity (Wildman–Crippen MR) is 66.2 cm³/mol. The van der Waals surface area contributed by atoms with Crippen LogP contribution in [0.25, 0.3) is 16.2 Å². The second kappa shape index (κ2) is 3.47. The van der Waals surface area contributed by atoms with Gasteiger partial charge in [-0.05, 0) is 39.5 Å². The molecule has 3 aromatic rings. The number of halogens is 1. The second-order valence-corrected chi connectivity index (χ2v) is 4.99. The van der Waals surface area contributed by atoms with Crippen LogP contribution in [0.5, 0.6) is 0 Å². The Labute approximate surface area is 99.3 Å². The van der Waals surface area contributed by atoms with Crippen LogP contribution in [0.3, 0.4) is 0 Å². The fraction of sp³-hybridized carbons (Fsp3) is 0. The number of thiophene rings is 1. The van der Waals surface area contributed by atoms with E-state index in [9.17, 15) is 0 Å². The first-order valence-corrected chi connectivity index (χ1v) is 6.19. The molecule has 0 aliphatic heterocycles. The molecule has 0 atom stereocenters. The van der Waals surface area contributed by atoms with Gasteiger partial charge in [-0.25, -0.2) is 4.98 Å². The molecule has 3 aromatic heterocycles. The Morgan fingerprint density at radius 2 is 2.20 bits per heavy atom. The van der Waals surface area contributed by atoms with Crippen molar-refractivity contribution in [3.05, 3.63) is 46.5 Å². The van der Waals surface area contributed by atoms with Crippen LogP contribution in [0, 0.1) is 0 Å². The van der Waals surface area contributed by atoms with Gasteiger partial charge in [0.15, 0.2) is 5.65 Å². The Kier molecular flexibility index (Phi) is 2.11. The summed E-state index contributed by atoms with van der Waals surface area (Å²) in [5.41, 5.74) is 1.98. The zero-order valence-corrected chi connectivity index (χ0v) is 10.1. The van der Waals surface area contributed by atoms with Gasteiger partial charge in [0.2, 0.25) is 0 Å². The summed E-state index contributed by atoms with van der Waals surface area (Å²) in [5.74, 6) is 0. The molecule has 0 aliphatic rings. The summed E-state index contributed by atoms with van der Waals surface area (Å²) < 4.78 is 3.05. The van der Waals surface area contributed by atoms with Gasteiger partial charge in [0.1, 0.15) is 0 Å². The number of hydrogen-bond donors (Lipinski definition) is 0. The van der Waals surface area contributed by atoms with Crippen molar-refractivity contribution in [1.29, 1.82) is 0 Å². The lowest BCUT2D eigenvalue weighted by molar-refractivity contribution is 1.18. The maximum Gasteiger partial charge on any atom is 0.151 e. The number of hydrogen-bond acceptors (Lipinski definition) is 2. The summed E-state index contributed by atoms with van der Waals surface area (Å²) in [7, 11) is 0. The lowest BCUT2D eigenvalue weighted by atomic mass is 10.4. The quantitative estimate of drug-likeness (QED) is 0.661. The Morgan fingerprint density at radius 1 is 1.27 bits per heavy atom. The van der Waals surface area contributed by atoms with Crippen LogP contribution in [0.15, 0.2) is 46.5 Å². The first-order chi connectivity index (χ1) is 7.34. The van der Waals surface area contributed by atoms with E-state index in [1.807, 2.05) is 35.0 Å². The van der Waals surface area contributed by atoms with Gasteiger partial charge < -0.3 is 4.40 Å². The maximum absolute atomic E-state index is 4.58. The molecule has 0 fully saturated rings. The molecular weight excluding hydrogens is 272 g/mol. The van der Waals surface area contributed by atoms with Gasteiger partial charge in [0, 0.05) is 12.4 Å². The molecule has 0 unspecified atom stereocenters. The lowest BCUT2D eigenvalue weighted by Gasteiger charge is -1.92. The molecule has 74 valence electrons. The van der Waals surface area contributed by atoms with Crippen molar-refractivity contribution >= 4 is 32.9 Å². The maximum atomic E-state index is 4.58. The van der Waals surface area contributed by atoms with Gasteiger partial charge in [-0.15, -0.1) is 11.3 Å². The Hall–Kier alpha value is -1.13. The fourth-order valence-corrected chi connectivity index (χ4v) is 2.65. The molecule has 15 heavy (non-hydrogen) atoms. The SMILES string of the molecule is Brc1cccn2cc(-c3cccs3)nc12. The fourth-order valence-electron chi connectivity index (χ4n) is 1.52. The van der Waals surface area contributed by atoms with Crippen LogP contribution in [0.1, 0.15) is 0 Å². The highest BCUT2D eigenvalue weighted by Gasteiger charge is 2.06. The molecule has 0 N–H and O–H groups in total. The zero-order chi connectivity index (χ0) is 10.3. The number of rotatable bonds is 1. The minimum Gasteiger partial charge on any atom is -0.305 e. The van der Waals surface area contributed by atoms with Crippen molar-refractivity contribution < 1.29 is 0 Å². The molecule has 0 radical (unpaired) electrons. The van der Waals surface area contributed by atoms with E-state index in [0.717, 1.165) is 15.8 Å². The first kappa shape index (κ1) is 9.12. The lowest BCUT2D eigenvalue weighted by Crippen LogP contribution is -1.80. The highest BCUT2D eigenvalue weighted by atomic mass is 79.9. The monoisotopic (exact) mass is 278 g/mol. The standard InChI is InChI=1S/C11H7BrN2S/c12-8-3-1-5-14-7-9(13-11(8)14)10-4-2-6-15-10/h1-7H. The average Bonchev–Trinajstić information content (AvgIpc) is 2.86. The molecule has 0 amide bonds. The zero-order valence-electron chi connectivity index (χ0n) is 7.72. The van der Waals surface area contributed by atoms with Crippen LogP contribution in [0.2, 0.25) is 0 Å². The van der Waals surface area contributed by atoms with Crippen molar-refractivity contribution in [2.24, 2.45) is 0 Å². The molecule has 2 nitrogen and oxygen atoms in total. The van der Waals surface area contributed by atoms with Gasteiger partial charge in [-0.2, -0.15) is 0 Å². The third-order valence-corrected chi connectivity index (χ3v) is 3.72. The molecule has 4 heteroatoms. The molecular formula is C11H7BrN2S. The van der Waals surface area contributed by atoms with Gasteiger partial charge in [-0.3, -0.25) is 0 Å². The Bertz CT molecular complexity index is 598. The summed E-state index contributed by atoms with van der Waals surface area (Å²) in [6.07, 6.45) is 4.05. The molecule has 0 spiro atoms. The van der Waals surface area contributed by atoms with Gasteiger partial charge in [-0.1, -0.05) is 6.07 Å². The highest BCUT2D eigenvalue weighted by molar-refractivity contribution is 9.10. The molecule has 0 aliphatic carbocycles. The van der Waals surface area contributed by atoms with Crippen molar-refractivity contribution in [2.75, 3.05) is 0 Å². The van der Waals surface area contributed by atoms with Gasteiger partial charge >= 0.3 is 0 Å². The van der Waals surface area contributed by atoms with Crippen LogP contribution in [-0.4, -0.2) is 9.38 Å². The smallest absolute Gasteiger partial charge is 0.151 e. The summed E-state index contributed by atoms with van der Waals surface area (Å²) in [6, 6.07) is 8.12. The van der Waals surface area contributed by atoms with Crippen molar-refractivity contribution in [2.45, 2.75) is 0 Å². The first-order valence-electron chi connectivity index (χ1n) is 4.52. The third-order valence-electron chi connectivity index (χ3n) is 2.21. The molecule has 0 saturated carbocycles. The van der Waals surface area contributed by atoms with E-state index in [1.165, 1.54) is 4.88 Å². The summed E-state index contributed by atoms with van der Waals surface area (Å²) in [6.45, 7) is 0. The van der Waals surface area contributed by atoms with Crippen LogP contribution in [-0.2, 0) is 0 Å². The second-order valence-electron chi connectivity index (χ2n) is 3.19. The number of fused-ring (bicyclic) bond motifs is 1. The largest absolute Gasteiger partial charge is 0.305 e. The van der Waals surface area contributed by atoms with Gasteiger partial charge in [0.05, 0.1) is 15.0 Å². The number of pyridine rings is 1. The average molecular weight is 279 g/mol. The van der Waals surface area contributed by atoms with Crippen LogP contribution >= 0.6 is 27.3 Å².